The molecular formula is C21H27ClN4O3. The summed E-state index contributed by atoms with van der Waals surface area (Å²) < 4.78 is 0. The Morgan fingerprint density at radius 1 is 0.931 bits per heavy atom. The van der Waals surface area contributed by atoms with Gasteiger partial charge in [0.2, 0.25) is 11.8 Å². The van der Waals surface area contributed by atoms with Gasteiger partial charge in [-0.3, -0.25) is 14.4 Å². The van der Waals surface area contributed by atoms with E-state index in [1.54, 1.807) is 49.4 Å². The van der Waals surface area contributed by atoms with E-state index in [4.69, 9.17) is 5.73 Å². The Bertz CT molecular complexity index is 856. The van der Waals surface area contributed by atoms with Crippen molar-refractivity contribution in [1.82, 2.24) is 5.32 Å². The van der Waals surface area contributed by atoms with Crippen molar-refractivity contribution in [3.63, 3.8) is 0 Å². The van der Waals surface area contributed by atoms with Gasteiger partial charge in [-0.15, -0.1) is 12.4 Å². The molecule has 8 heteroatoms. The summed E-state index contributed by atoms with van der Waals surface area (Å²) in [6.07, 6.45) is 0. The molecule has 0 unspecified atom stereocenters. The molecule has 2 aromatic carbocycles. The molecule has 0 saturated heterocycles. The summed E-state index contributed by atoms with van der Waals surface area (Å²) in [4.78, 5) is 36.4. The number of hydrogen-bond acceptors (Lipinski definition) is 4. The maximum atomic E-state index is 12.3. The van der Waals surface area contributed by atoms with Crippen molar-refractivity contribution in [3.05, 3.63) is 59.7 Å². The first-order chi connectivity index (χ1) is 13.3. The molecule has 0 heterocycles. The molecule has 0 aliphatic heterocycles. The van der Waals surface area contributed by atoms with Gasteiger partial charge in [-0.05, 0) is 42.7 Å². The Hall–Kier alpha value is -2.90. The number of amides is 3. The molecule has 7 nitrogen and oxygen atoms in total. The largest absolute Gasteiger partial charge is 0.346 e. The van der Waals surface area contributed by atoms with Crippen LogP contribution in [0.2, 0.25) is 0 Å². The zero-order valence-corrected chi connectivity index (χ0v) is 17.5. The van der Waals surface area contributed by atoms with Crippen molar-refractivity contribution in [1.29, 1.82) is 0 Å². The molecule has 2 rings (SSSR count). The predicted molar refractivity (Wildman–Crippen MR) is 117 cm³/mol. The maximum absolute atomic E-state index is 12.3. The summed E-state index contributed by atoms with van der Waals surface area (Å²) in [5, 5.41) is 8.11. The van der Waals surface area contributed by atoms with Crippen LogP contribution < -0.4 is 21.7 Å². The van der Waals surface area contributed by atoms with Crippen LogP contribution in [-0.4, -0.2) is 30.3 Å². The SMILES string of the molecule is Cc1c(NC(=O)CNC(=O)[C@@H](N)C(C)C)cccc1NC(=O)c1ccccc1.Cl. The van der Waals surface area contributed by atoms with Gasteiger partial charge in [0, 0.05) is 16.9 Å². The summed E-state index contributed by atoms with van der Waals surface area (Å²) in [5.41, 5.74) is 8.16. The molecule has 0 aliphatic rings. The van der Waals surface area contributed by atoms with Gasteiger partial charge in [0.1, 0.15) is 0 Å². The van der Waals surface area contributed by atoms with E-state index < -0.39 is 6.04 Å². The van der Waals surface area contributed by atoms with Crippen LogP contribution in [0.4, 0.5) is 11.4 Å². The predicted octanol–water partition coefficient (Wildman–Crippen LogP) is 2.71. The Kier molecular flexibility index (Phi) is 9.31. The van der Waals surface area contributed by atoms with E-state index in [1.807, 2.05) is 19.9 Å². The second-order valence-corrected chi connectivity index (χ2v) is 6.83. The highest BCUT2D eigenvalue weighted by Crippen LogP contribution is 2.23. The summed E-state index contributed by atoms with van der Waals surface area (Å²) in [6, 6.07) is 13.4. The number of carbonyl (C=O) groups is 3. The Morgan fingerprint density at radius 2 is 1.52 bits per heavy atom. The number of nitrogens with two attached hydrogens (primary N) is 1. The lowest BCUT2D eigenvalue weighted by Gasteiger charge is -2.16. The van der Waals surface area contributed by atoms with Crippen LogP contribution in [0.3, 0.4) is 0 Å². The van der Waals surface area contributed by atoms with E-state index in [9.17, 15) is 14.4 Å². The van der Waals surface area contributed by atoms with Crippen molar-refractivity contribution in [3.8, 4) is 0 Å². The lowest BCUT2D eigenvalue weighted by atomic mass is 10.1. The zero-order valence-electron chi connectivity index (χ0n) is 16.7. The fraction of sp³-hybridized carbons (Fsp3) is 0.286. The van der Waals surface area contributed by atoms with Gasteiger partial charge < -0.3 is 21.7 Å². The lowest BCUT2D eigenvalue weighted by Crippen LogP contribution is -2.46. The second kappa shape index (κ2) is 11.2. The standard InChI is InChI=1S/C21H26N4O3.ClH/c1-13(2)19(22)21(28)23-12-18(26)24-16-10-7-11-17(14(16)3)25-20(27)15-8-5-4-6-9-15;/h4-11,13,19H,12,22H2,1-3H3,(H,23,28)(H,24,26)(H,25,27);1H/t19-;/m0./s1. The summed E-state index contributed by atoms with van der Waals surface area (Å²) in [5.74, 6) is -0.998. The fourth-order valence-corrected chi connectivity index (χ4v) is 2.47. The minimum absolute atomic E-state index is 0. The molecule has 0 fully saturated rings. The first kappa shape index (κ1) is 24.1. The van der Waals surface area contributed by atoms with E-state index in [0.29, 0.717) is 22.5 Å². The van der Waals surface area contributed by atoms with Crippen molar-refractivity contribution < 1.29 is 14.4 Å². The number of nitrogens with one attached hydrogen (secondary N) is 3. The van der Waals surface area contributed by atoms with E-state index in [2.05, 4.69) is 16.0 Å². The van der Waals surface area contributed by atoms with Crippen LogP contribution in [0, 0.1) is 12.8 Å². The molecule has 29 heavy (non-hydrogen) atoms. The number of anilines is 2. The first-order valence-corrected chi connectivity index (χ1v) is 9.08. The average Bonchev–Trinajstić information content (AvgIpc) is 2.69. The molecular weight excluding hydrogens is 392 g/mol. The van der Waals surface area contributed by atoms with E-state index in [0.717, 1.165) is 0 Å². The van der Waals surface area contributed by atoms with Crippen LogP contribution in [0.1, 0.15) is 29.8 Å². The highest BCUT2D eigenvalue weighted by atomic mass is 35.5. The van der Waals surface area contributed by atoms with Crippen molar-refractivity contribution in [2.24, 2.45) is 11.7 Å². The van der Waals surface area contributed by atoms with Crippen LogP contribution >= 0.6 is 12.4 Å². The van der Waals surface area contributed by atoms with Crippen LogP contribution in [0.5, 0.6) is 0 Å². The van der Waals surface area contributed by atoms with Crippen LogP contribution in [0.15, 0.2) is 48.5 Å². The van der Waals surface area contributed by atoms with Crippen molar-refractivity contribution >= 4 is 41.5 Å². The molecule has 156 valence electrons. The number of benzene rings is 2. The van der Waals surface area contributed by atoms with Gasteiger partial charge >= 0.3 is 0 Å². The van der Waals surface area contributed by atoms with Crippen molar-refractivity contribution in [2.75, 3.05) is 17.2 Å². The molecule has 3 amide bonds. The zero-order chi connectivity index (χ0) is 20.7. The molecule has 5 N–H and O–H groups in total. The van der Waals surface area contributed by atoms with Crippen LogP contribution in [-0.2, 0) is 9.59 Å². The third-order valence-corrected chi connectivity index (χ3v) is 4.34. The van der Waals surface area contributed by atoms with Gasteiger partial charge in [0.15, 0.2) is 0 Å². The van der Waals surface area contributed by atoms with Gasteiger partial charge in [-0.2, -0.15) is 0 Å². The number of hydrogen-bond donors (Lipinski definition) is 4. The molecule has 1 atom stereocenters. The minimum atomic E-state index is -0.661. The number of halogens is 1. The van der Waals surface area contributed by atoms with E-state index in [-0.39, 0.29) is 42.6 Å². The molecule has 0 aliphatic carbocycles. The summed E-state index contributed by atoms with van der Waals surface area (Å²) in [7, 11) is 0. The Balaban J connectivity index is 0.00000420. The molecule has 0 bridgehead atoms. The first-order valence-electron chi connectivity index (χ1n) is 9.08. The van der Waals surface area contributed by atoms with Gasteiger partial charge in [-0.25, -0.2) is 0 Å². The average molecular weight is 419 g/mol. The van der Waals surface area contributed by atoms with Gasteiger partial charge in [0.05, 0.1) is 12.6 Å². The van der Waals surface area contributed by atoms with Crippen molar-refractivity contribution in [2.45, 2.75) is 26.8 Å². The summed E-state index contributed by atoms with van der Waals surface area (Å²) in [6.45, 7) is 5.29. The quantitative estimate of drug-likeness (QED) is 0.553. The van der Waals surface area contributed by atoms with Gasteiger partial charge in [0.25, 0.3) is 5.91 Å². The summed E-state index contributed by atoms with van der Waals surface area (Å²) >= 11 is 0. The number of carbonyl (C=O) groups excluding carboxylic acids is 3. The Labute approximate surface area is 176 Å². The third-order valence-electron chi connectivity index (χ3n) is 4.34. The maximum Gasteiger partial charge on any atom is 0.255 e. The Morgan fingerprint density at radius 3 is 2.10 bits per heavy atom. The normalized spacial score (nSPS) is 11.2. The highest BCUT2D eigenvalue weighted by molar-refractivity contribution is 6.05. The monoisotopic (exact) mass is 418 g/mol. The molecule has 2 aromatic rings. The molecule has 0 spiro atoms. The van der Waals surface area contributed by atoms with Crippen LogP contribution in [0.25, 0.3) is 0 Å². The smallest absolute Gasteiger partial charge is 0.255 e. The third kappa shape index (κ3) is 6.89. The molecule has 0 saturated carbocycles. The van der Waals surface area contributed by atoms with Gasteiger partial charge in [-0.1, -0.05) is 38.1 Å². The minimum Gasteiger partial charge on any atom is -0.346 e. The highest BCUT2D eigenvalue weighted by Gasteiger charge is 2.18. The van der Waals surface area contributed by atoms with E-state index in [1.165, 1.54) is 0 Å². The number of rotatable bonds is 7. The fourth-order valence-electron chi connectivity index (χ4n) is 2.47. The topological polar surface area (TPSA) is 113 Å². The lowest BCUT2D eigenvalue weighted by molar-refractivity contribution is -0.125. The second-order valence-electron chi connectivity index (χ2n) is 6.83. The van der Waals surface area contributed by atoms with E-state index >= 15 is 0 Å². The molecule has 0 radical (unpaired) electrons. The molecule has 0 aromatic heterocycles.